The number of aryl methyl sites for hydroxylation is 1. The molecular weight excluding hydrogens is 336 g/mol. The minimum Gasteiger partial charge on any atom is -0.351 e. The van der Waals surface area contributed by atoms with E-state index in [0.717, 1.165) is 54.1 Å². The van der Waals surface area contributed by atoms with Crippen LogP contribution in [0.5, 0.6) is 0 Å². The highest BCUT2D eigenvalue weighted by Crippen LogP contribution is 2.28. The average Bonchev–Trinajstić information content (AvgIpc) is 3.46. The number of fused-ring (bicyclic) bond motifs is 1. The van der Waals surface area contributed by atoms with E-state index in [-0.39, 0.29) is 0 Å². The monoisotopic (exact) mass is 362 g/mol. The molecule has 1 aromatic carbocycles. The second-order valence-corrected chi connectivity index (χ2v) is 7.76. The number of hydrogen-bond acceptors (Lipinski definition) is 5. The zero-order chi connectivity index (χ0) is 18.1. The third-order valence-electron chi connectivity index (χ3n) is 5.65. The van der Waals surface area contributed by atoms with Crippen LogP contribution < -0.4 is 10.6 Å². The second-order valence-electron chi connectivity index (χ2n) is 7.76. The van der Waals surface area contributed by atoms with Crippen molar-refractivity contribution in [3.8, 4) is 11.4 Å². The van der Waals surface area contributed by atoms with E-state index in [4.69, 9.17) is 9.97 Å². The van der Waals surface area contributed by atoms with Crippen molar-refractivity contribution in [2.45, 2.75) is 44.7 Å². The molecule has 1 aliphatic carbocycles. The number of piperidine rings is 1. The molecule has 1 aliphatic heterocycles. The molecule has 3 heterocycles. The van der Waals surface area contributed by atoms with Crippen LogP contribution in [0.1, 0.15) is 32.1 Å². The van der Waals surface area contributed by atoms with Crippen molar-refractivity contribution in [2.24, 2.45) is 5.92 Å². The number of rotatable bonds is 6. The molecule has 0 bridgehead atoms. The Labute approximate surface area is 159 Å². The third kappa shape index (κ3) is 3.67. The lowest BCUT2D eigenvalue weighted by Crippen LogP contribution is -2.28. The lowest BCUT2D eigenvalue weighted by molar-refractivity contribution is 0.339. The summed E-state index contributed by atoms with van der Waals surface area (Å²) in [6.07, 6.45) is 7.98. The molecule has 6 nitrogen and oxygen atoms in total. The van der Waals surface area contributed by atoms with E-state index in [1.165, 1.54) is 32.1 Å². The Morgan fingerprint density at radius 2 is 1.85 bits per heavy atom. The highest BCUT2D eigenvalue weighted by Gasteiger charge is 2.23. The minimum atomic E-state index is 0.544. The van der Waals surface area contributed by atoms with Gasteiger partial charge in [-0.05, 0) is 51.1 Å². The molecule has 2 aromatic heterocycles. The summed E-state index contributed by atoms with van der Waals surface area (Å²) in [5, 5.41) is 6.88. The van der Waals surface area contributed by atoms with Crippen molar-refractivity contribution < 1.29 is 0 Å². The van der Waals surface area contributed by atoms with Crippen molar-refractivity contribution in [3.63, 3.8) is 0 Å². The molecule has 0 radical (unpaired) electrons. The molecule has 1 saturated carbocycles. The number of benzene rings is 1. The Hall–Kier alpha value is -2.47. The minimum absolute atomic E-state index is 0.544. The summed E-state index contributed by atoms with van der Waals surface area (Å²) in [5.41, 5.74) is 2.96. The van der Waals surface area contributed by atoms with Gasteiger partial charge in [-0.15, -0.1) is 0 Å². The number of nitrogens with one attached hydrogen (secondary N) is 2. The van der Waals surface area contributed by atoms with Crippen molar-refractivity contribution in [3.05, 3.63) is 36.5 Å². The third-order valence-corrected chi connectivity index (χ3v) is 5.65. The van der Waals surface area contributed by atoms with E-state index in [2.05, 4.69) is 44.5 Å². The fourth-order valence-electron chi connectivity index (χ4n) is 3.90. The molecule has 5 rings (SSSR count). The van der Waals surface area contributed by atoms with E-state index in [1.807, 2.05) is 12.3 Å². The fraction of sp³-hybridized carbons (Fsp3) is 0.476. The summed E-state index contributed by atoms with van der Waals surface area (Å²) >= 11 is 0. The van der Waals surface area contributed by atoms with Gasteiger partial charge < -0.3 is 15.2 Å². The molecule has 2 aliphatic rings. The summed E-state index contributed by atoms with van der Waals surface area (Å²) in [5.74, 6) is 2.50. The Bertz CT molecular complexity index is 909. The van der Waals surface area contributed by atoms with E-state index in [1.54, 1.807) is 0 Å². The van der Waals surface area contributed by atoms with E-state index in [0.29, 0.717) is 6.04 Å². The summed E-state index contributed by atoms with van der Waals surface area (Å²) in [4.78, 5) is 14.2. The molecule has 2 fully saturated rings. The Kier molecular flexibility index (Phi) is 4.49. The highest BCUT2D eigenvalue weighted by molar-refractivity contribution is 5.77. The predicted octanol–water partition coefficient (Wildman–Crippen LogP) is 3.46. The van der Waals surface area contributed by atoms with Crippen molar-refractivity contribution in [1.29, 1.82) is 0 Å². The summed E-state index contributed by atoms with van der Waals surface area (Å²) in [6.45, 7) is 3.22. The van der Waals surface area contributed by atoms with Crippen LogP contribution in [0.15, 0.2) is 36.5 Å². The largest absolute Gasteiger partial charge is 0.351 e. The van der Waals surface area contributed by atoms with Gasteiger partial charge in [0.2, 0.25) is 5.95 Å². The van der Waals surface area contributed by atoms with Gasteiger partial charge in [-0.2, -0.15) is 4.98 Å². The number of imidazole rings is 1. The number of anilines is 1. The molecule has 0 unspecified atom stereocenters. The van der Waals surface area contributed by atoms with Crippen LogP contribution >= 0.6 is 0 Å². The normalized spacial score (nSPS) is 18.1. The van der Waals surface area contributed by atoms with Gasteiger partial charge in [0.15, 0.2) is 5.65 Å². The van der Waals surface area contributed by atoms with Gasteiger partial charge in [-0.25, -0.2) is 9.97 Å². The fourth-order valence-corrected chi connectivity index (χ4v) is 3.90. The molecule has 27 heavy (non-hydrogen) atoms. The zero-order valence-corrected chi connectivity index (χ0v) is 15.6. The van der Waals surface area contributed by atoms with Crippen LogP contribution in [0.3, 0.4) is 0 Å². The maximum Gasteiger partial charge on any atom is 0.224 e. The molecule has 6 heteroatoms. The number of aromatic nitrogens is 4. The lowest BCUT2D eigenvalue weighted by Gasteiger charge is -2.23. The Balaban J connectivity index is 1.50. The molecule has 0 amide bonds. The van der Waals surface area contributed by atoms with Gasteiger partial charge in [0.1, 0.15) is 11.3 Å². The summed E-state index contributed by atoms with van der Waals surface area (Å²) in [7, 11) is 0. The molecule has 140 valence electrons. The molecular formula is C21H26N6. The van der Waals surface area contributed by atoms with E-state index >= 15 is 0 Å². The van der Waals surface area contributed by atoms with Crippen molar-refractivity contribution in [2.75, 3.05) is 18.4 Å². The van der Waals surface area contributed by atoms with Crippen LogP contribution in [0, 0.1) is 5.92 Å². The first kappa shape index (κ1) is 16.7. The number of nitrogens with zero attached hydrogens (tertiary/aromatic N) is 4. The van der Waals surface area contributed by atoms with Gasteiger partial charge in [0.05, 0.1) is 6.20 Å². The molecule has 0 spiro atoms. The van der Waals surface area contributed by atoms with Gasteiger partial charge in [-0.1, -0.05) is 30.3 Å². The first-order valence-corrected chi connectivity index (χ1v) is 10.1. The summed E-state index contributed by atoms with van der Waals surface area (Å²) in [6, 6.07) is 11.0. The molecule has 1 saturated heterocycles. The molecule has 2 N–H and O–H groups in total. The van der Waals surface area contributed by atoms with Gasteiger partial charge in [0.25, 0.3) is 0 Å². The van der Waals surface area contributed by atoms with Crippen molar-refractivity contribution in [1.82, 2.24) is 24.8 Å². The standard InChI is InChI=1S/C21H26N6/c1-2-4-16(5-3-1)19-25-18-14-23-21(24-17-6-7-17)26-20(18)27(19)13-10-15-8-11-22-12-9-15/h1-5,14-15,17,22H,6-13H2,(H,23,24,26). The van der Waals surface area contributed by atoms with E-state index < -0.39 is 0 Å². The van der Waals surface area contributed by atoms with Crippen LogP contribution in [0.4, 0.5) is 5.95 Å². The quantitative estimate of drug-likeness (QED) is 0.703. The van der Waals surface area contributed by atoms with Crippen LogP contribution in [0.2, 0.25) is 0 Å². The molecule has 3 aromatic rings. The first-order valence-electron chi connectivity index (χ1n) is 10.1. The molecule has 0 atom stereocenters. The zero-order valence-electron chi connectivity index (χ0n) is 15.6. The highest BCUT2D eigenvalue weighted by atomic mass is 15.2. The first-order chi connectivity index (χ1) is 13.4. The Morgan fingerprint density at radius 3 is 2.63 bits per heavy atom. The van der Waals surface area contributed by atoms with Crippen LogP contribution in [-0.2, 0) is 6.54 Å². The SMILES string of the molecule is c1ccc(-c2nc3cnc(NC4CC4)nc3n2CCC2CCNCC2)cc1. The Morgan fingerprint density at radius 1 is 1.04 bits per heavy atom. The smallest absolute Gasteiger partial charge is 0.224 e. The van der Waals surface area contributed by atoms with Gasteiger partial charge in [0, 0.05) is 18.2 Å². The predicted molar refractivity (Wildman–Crippen MR) is 108 cm³/mol. The average molecular weight is 362 g/mol. The topological polar surface area (TPSA) is 67.7 Å². The summed E-state index contributed by atoms with van der Waals surface area (Å²) < 4.78 is 2.30. The maximum atomic E-state index is 4.88. The maximum absolute atomic E-state index is 4.88. The van der Waals surface area contributed by atoms with Crippen LogP contribution in [-0.4, -0.2) is 38.7 Å². The van der Waals surface area contributed by atoms with Crippen LogP contribution in [0.25, 0.3) is 22.6 Å². The van der Waals surface area contributed by atoms with Gasteiger partial charge in [-0.3, -0.25) is 0 Å². The van der Waals surface area contributed by atoms with Gasteiger partial charge >= 0.3 is 0 Å². The second kappa shape index (κ2) is 7.27. The van der Waals surface area contributed by atoms with E-state index in [9.17, 15) is 0 Å². The number of hydrogen-bond donors (Lipinski definition) is 2. The lowest BCUT2D eigenvalue weighted by atomic mass is 9.95. The van der Waals surface area contributed by atoms with Crippen molar-refractivity contribution >= 4 is 17.1 Å².